The van der Waals surface area contributed by atoms with Gasteiger partial charge in [0.15, 0.2) is 12.4 Å². The number of ether oxygens (including phenoxy) is 1. The van der Waals surface area contributed by atoms with E-state index in [-0.39, 0.29) is 12.5 Å². The fraction of sp³-hybridized carbons (Fsp3) is 0.158. The SMILES string of the molecule is C=C/C=C(\C=C/C)c1cnc(Nc2ccc3c(c2)OCC(=O)N3)o1.CCl. The van der Waals surface area contributed by atoms with Gasteiger partial charge in [0, 0.05) is 23.7 Å². The van der Waals surface area contributed by atoms with Crippen LogP contribution in [0.3, 0.4) is 0 Å². The number of nitrogens with zero attached hydrogens (tertiary/aromatic N) is 1. The van der Waals surface area contributed by atoms with Crippen LogP contribution < -0.4 is 15.4 Å². The van der Waals surface area contributed by atoms with Crippen LogP contribution in [0, 0.1) is 0 Å². The Kier molecular flexibility index (Phi) is 7.05. The van der Waals surface area contributed by atoms with E-state index in [9.17, 15) is 4.79 Å². The highest BCUT2D eigenvalue weighted by molar-refractivity contribution is 6.15. The van der Waals surface area contributed by atoms with Gasteiger partial charge in [-0.2, -0.15) is 0 Å². The molecule has 1 aromatic heterocycles. The largest absolute Gasteiger partial charge is 0.482 e. The minimum Gasteiger partial charge on any atom is -0.482 e. The van der Waals surface area contributed by atoms with Crippen LogP contribution in [0.15, 0.2) is 59.7 Å². The molecule has 0 aliphatic carbocycles. The molecule has 2 N–H and O–H groups in total. The van der Waals surface area contributed by atoms with Gasteiger partial charge in [-0.1, -0.05) is 30.9 Å². The van der Waals surface area contributed by atoms with Crippen molar-refractivity contribution in [3.63, 3.8) is 0 Å². The maximum Gasteiger partial charge on any atom is 0.299 e. The van der Waals surface area contributed by atoms with Gasteiger partial charge in [0.1, 0.15) is 5.75 Å². The maximum atomic E-state index is 11.3. The van der Waals surface area contributed by atoms with Crippen LogP contribution in [0.25, 0.3) is 5.57 Å². The van der Waals surface area contributed by atoms with Crippen LogP contribution in [-0.4, -0.2) is 23.9 Å². The molecule has 0 saturated carbocycles. The second kappa shape index (κ2) is 9.48. The number of oxazole rings is 1. The lowest BCUT2D eigenvalue weighted by Crippen LogP contribution is -2.25. The van der Waals surface area contributed by atoms with E-state index < -0.39 is 0 Å². The summed E-state index contributed by atoms with van der Waals surface area (Å²) in [6, 6.07) is 5.72. The number of allylic oxidation sites excluding steroid dienone is 5. The van der Waals surface area contributed by atoms with Gasteiger partial charge in [-0.3, -0.25) is 4.79 Å². The third-order valence-electron chi connectivity index (χ3n) is 3.30. The number of carbonyl (C=O) groups is 1. The Labute approximate surface area is 157 Å². The first kappa shape index (κ1) is 19.3. The van der Waals surface area contributed by atoms with Gasteiger partial charge in [0.25, 0.3) is 11.9 Å². The predicted molar refractivity (Wildman–Crippen MR) is 105 cm³/mol. The zero-order valence-electron chi connectivity index (χ0n) is 14.6. The molecule has 0 saturated heterocycles. The van der Waals surface area contributed by atoms with E-state index in [1.165, 1.54) is 6.38 Å². The summed E-state index contributed by atoms with van der Waals surface area (Å²) in [5.74, 6) is 1.08. The molecule has 26 heavy (non-hydrogen) atoms. The summed E-state index contributed by atoms with van der Waals surface area (Å²) in [5.41, 5.74) is 2.28. The molecule has 2 heterocycles. The number of anilines is 3. The second-order valence-corrected chi connectivity index (χ2v) is 5.06. The lowest BCUT2D eigenvalue weighted by molar-refractivity contribution is -0.118. The Bertz CT molecular complexity index is 840. The van der Waals surface area contributed by atoms with Crippen LogP contribution in [0.2, 0.25) is 0 Å². The number of nitrogens with one attached hydrogen (secondary N) is 2. The Morgan fingerprint density at radius 3 is 2.96 bits per heavy atom. The topological polar surface area (TPSA) is 76.4 Å². The van der Waals surface area contributed by atoms with Gasteiger partial charge < -0.3 is 19.8 Å². The third-order valence-corrected chi connectivity index (χ3v) is 3.30. The third kappa shape index (κ3) is 4.77. The molecule has 136 valence electrons. The molecule has 0 bridgehead atoms. The molecule has 7 heteroatoms. The molecule has 0 atom stereocenters. The first-order chi connectivity index (χ1) is 12.7. The van der Waals surface area contributed by atoms with E-state index >= 15 is 0 Å². The Hall–Kier alpha value is -2.99. The van der Waals surface area contributed by atoms with Crippen molar-refractivity contribution in [3.05, 3.63) is 61.0 Å². The highest BCUT2D eigenvalue weighted by Gasteiger charge is 2.16. The van der Waals surface area contributed by atoms with Gasteiger partial charge in [-0.05, 0) is 19.1 Å². The number of aromatic nitrogens is 1. The molecule has 1 amide bonds. The van der Waals surface area contributed by atoms with E-state index in [2.05, 4.69) is 33.8 Å². The summed E-state index contributed by atoms with van der Waals surface area (Å²) in [6.45, 7) is 5.64. The quantitative estimate of drug-likeness (QED) is 0.584. The summed E-state index contributed by atoms with van der Waals surface area (Å²) in [4.78, 5) is 15.5. The van der Waals surface area contributed by atoms with E-state index in [1.807, 2.05) is 31.2 Å². The lowest BCUT2D eigenvalue weighted by atomic mass is 10.2. The minimum atomic E-state index is -0.161. The van der Waals surface area contributed by atoms with E-state index in [0.717, 1.165) is 11.3 Å². The zero-order valence-corrected chi connectivity index (χ0v) is 15.3. The highest BCUT2D eigenvalue weighted by Crippen LogP contribution is 2.32. The Balaban J connectivity index is 0.00000117. The average Bonchev–Trinajstić information content (AvgIpc) is 3.12. The van der Waals surface area contributed by atoms with Gasteiger partial charge in [-0.25, -0.2) is 4.98 Å². The number of carbonyl (C=O) groups excluding carboxylic acids is 1. The number of amides is 1. The molecule has 6 nitrogen and oxygen atoms in total. The van der Waals surface area contributed by atoms with E-state index in [0.29, 0.717) is 23.2 Å². The second-order valence-electron chi connectivity index (χ2n) is 5.06. The summed E-state index contributed by atoms with van der Waals surface area (Å²) in [6.07, 6.45) is 10.5. The molecule has 0 fully saturated rings. The number of alkyl halides is 1. The van der Waals surface area contributed by atoms with E-state index in [4.69, 9.17) is 9.15 Å². The van der Waals surface area contributed by atoms with Gasteiger partial charge in [-0.15, -0.1) is 11.6 Å². The van der Waals surface area contributed by atoms with Crippen LogP contribution in [-0.2, 0) is 4.79 Å². The monoisotopic (exact) mass is 373 g/mol. The van der Waals surface area contributed by atoms with Gasteiger partial charge in [0.05, 0.1) is 11.9 Å². The van der Waals surface area contributed by atoms with Gasteiger partial charge >= 0.3 is 0 Å². The molecule has 0 unspecified atom stereocenters. The first-order valence-electron chi connectivity index (χ1n) is 7.82. The number of halogens is 1. The highest BCUT2D eigenvalue weighted by atomic mass is 35.5. The van der Waals surface area contributed by atoms with Crippen molar-refractivity contribution in [2.75, 3.05) is 23.6 Å². The van der Waals surface area contributed by atoms with Crippen LogP contribution in [0.4, 0.5) is 17.4 Å². The van der Waals surface area contributed by atoms with Crippen molar-refractivity contribution >= 4 is 40.5 Å². The number of benzene rings is 1. The van der Waals surface area contributed by atoms with Gasteiger partial charge in [0.2, 0.25) is 0 Å². The standard InChI is InChI=1S/C18H17N3O3.CH3Cl/c1-3-5-12(6-4-2)16-10-19-18(24-16)20-13-7-8-14-15(9-13)23-11-17(22)21-14;1-2/h3-10H,1,11H2,2H3,(H,19,20)(H,21,22);1H3/b6-4-,12-5+;. The van der Waals surface area contributed by atoms with Crippen molar-refractivity contribution in [1.82, 2.24) is 4.98 Å². The molecule has 0 radical (unpaired) electrons. The lowest BCUT2D eigenvalue weighted by Gasteiger charge is -2.18. The fourth-order valence-corrected chi connectivity index (χ4v) is 2.27. The van der Waals surface area contributed by atoms with Crippen LogP contribution >= 0.6 is 11.6 Å². The molecular formula is C19H20ClN3O3. The Morgan fingerprint density at radius 1 is 1.42 bits per heavy atom. The number of fused-ring (bicyclic) bond motifs is 1. The zero-order chi connectivity index (χ0) is 18.9. The summed E-state index contributed by atoms with van der Waals surface area (Å²) < 4.78 is 11.1. The minimum absolute atomic E-state index is 0.0126. The Morgan fingerprint density at radius 2 is 2.23 bits per heavy atom. The predicted octanol–water partition coefficient (Wildman–Crippen LogP) is 4.75. The molecule has 1 aliphatic heterocycles. The summed E-state index contributed by atoms with van der Waals surface area (Å²) in [5, 5.41) is 5.82. The molecule has 2 aromatic rings. The molecule has 0 spiro atoms. The van der Waals surface area contributed by atoms with Crippen molar-refractivity contribution in [1.29, 1.82) is 0 Å². The number of rotatable bonds is 5. The normalized spacial score (nSPS) is 13.2. The van der Waals surface area contributed by atoms with Crippen molar-refractivity contribution in [2.24, 2.45) is 0 Å². The smallest absolute Gasteiger partial charge is 0.299 e. The number of hydrogen-bond donors (Lipinski definition) is 2. The maximum absolute atomic E-state index is 11.3. The van der Waals surface area contributed by atoms with Crippen molar-refractivity contribution < 1.29 is 13.9 Å². The fourth-order valence-electron chi connectivity index (χ4n) is 2.27. The van der Waals surface area contributed by atoms with Crippen molar-refractivity contribution in [2.45, 2.75) is 6.92 Å². The molecule has 1 aliphatic rings. The molecule has 1 aromatic carbocycles. The summed E-state index contributed by atoms with van der Waals surface area (Å²) in [7, 11) is 0. The summed E-state index contributed by atoms with van der Waals surface area (Å²) >= 11 is 4.64. The average molecular weight is 374 g/mol. The van der Waals surface area contributed by atoms with Crippen LogP contribution in [0.5, 0.6) is 5.75 Å². The first-order valence-corrected chi connectivity index (χ1v) is 8.58. The van der Waals surface area contributed by atoms with Crippen LogP contribution in [0.1, 0.15) is 12.7 Å². The molecular weight excluding hydrogens is 354 g/mol. The van der Waals surface area contributed by atoms with E-state index in [1.54, 1.807) is 24.4 Å². The van der Waals surface area contributed by atoms with Crippen molar-refractivity contribution in [3.8, 4) is 5.75 Å². The number of hydrogen-bond acceptors (Lipinski definition) is 5. The molecule has 3 rings (SSSR count).